The molecule has 0 bridgehead atoms. The summed E-state index contributed by atoms with van der Waals surface area (Å²) in [5, 5.41) is 6.78. The highest BCUT2D eigenvalue weighted by atomic mass is 19.1. The van der Waals surface area contributed by atoms with Gasteiger partial charge in [-0.2, -0.15) is 5.10 Å². The van der Waals surface area contributed by atoms with E-state index in [-0.39, 0.29) is 11.7 Å². The molecule has 19 heavy (non-hydrogen) atoms. The molecular formula is C13H15FN4O. The lowest BCUT2D eigenvalue weighted by Gasteiger charge is -2.09. The molecule has 0 saturated carbocycles. The second-order valence-corrected chi connectivity index (χ2v) is 4.38. The van der Waals surface area contributed by atoms with Crippen LogP contribution in [0.25, 0.3) is 0 Å². The molecule has 0 fully saturated rings. The molecule has 0 aliphatic carbocycles. The van der Waals surface area contributed by atoms with E-state index < -0.39 is 0 Å². The van der Waals surface area contributed by atoms with Gasteiger partial charge in [0, 0.05) is 12.7 Å². The highest BCUT2D eigenvalue weighted by Crippen LogP contribution is 2.20. The number of hydrogen-bond donors (Lipinski definition) is 2. The lowest BCUT2D eigenvalue weighted by atomic mass is 10.2. The number of amides is 1. The Kier molecular flexibility index (Phi) is 3.25. The van der Waals surface area contributed by atoms with E-state index in [0.717, 1.165) is 0 Å². The summed E-state index contributed by atoms with van der Waals surface area (Å²) in [5.74, 6) is -0.707. The largest absolute Gasteiger partial charge is 0.395 e. The first-order valence-electron chi connectivity index (χ1n) is 5.76. The second kappa shape index (κ2) is 4.72. The summed E-state index contributed by atoms with van der Waals surface area (Å²) in [4.78, 5) is 12.2. The third-order valence-corrected chi connectivity index (χ3v) is 2.92. The van der Waals surface area contributed by atoms with Crippen molar-refractivity contribution in [3.8, 4) is 0 Å². The molecule has 5 nitrogen and oxygen atoms in total. The van der Waals surface area contributed by atoms with Gasteiger partial charge in [-0.25, -0.2) is 4.39 Å². The number of anilines is 2. The molecule has 1 heterocycles. The van der Waals surface area contributed by atoms with Crippen molar-refractivity contribution >= 4 is 17.3 Å². The predicted octanol–water partition coefficient (Wildman–Crippen LogP) is 2.01. The second-order valence-electron chi connectivity index (χ2n) is 4.38. The fourth-order valence-electron chi connectivity index (χ4n) is 1.89. The molecule has 0 atom stereocenters. The van der Waals surface area contributed by atoms with Crippen LogP contribution in [0.3, 0.4) is 0 Å². The molecule has 2 aromatic rings. The Morgan fingerprint density at radius 2 is 2.11 bits per heavy atom. The Labute approximate surface area is 110 Å². The molecule has 1 amide bonds. The molecule has 0 spiro atoms. The third kappa shape index (κ3) is 2.42. The lowest BCUT2D eigenvalue weighted by Crippen LogP contribution is -2.18. The summed E-state index contributed by atoms with van der Waals surface area (Å²) in [6.07, 6.45) is 0. The molecule has 3 N–H and O–H groups in total. The molecule has 100 valence electrons. The maximum atomic E-state index is 13.0. The van der Waals surface area contributed by atoms with E-state index in [0.29, 0.717) is 28.3 Å². The van der Waals surface area contributed by atoms with Gasteiger partial charge in [-0.3, -0.25) is 9.48 Å². The highest BCUT2D eigenvalue weighted by molar-refractivity contribution is 6.07. The maximum absolute atomic E-state index is 13.0. The van der Waals surface area contributed by atoms with Crippen LogP contribution in [-0.4, -0.2) is 15.7 Å². The van der Waals surface area contributed by atoms with Crippen molar-refractivity contribution in [3.05, 3.63) is 41.0 Å². The van der Waals surface area contributed by atoms with Crippen molar-refractivity contribution in [2.45, 2.75) is 13.8 Å². The number of nitrogens with two attached hydrogens (primary N) is 1. The molecule has 1 aromatic carbocycles. The SMILES string of the molecule is Cc1cc(F)ccc1NC(=O)c1c(N)c(C)nn1C. The quantitative estimate of drug-likeness (QED) is 0.869. The zero-order valence-corrected chi connectivity index (χ0v) is 11.0. The van der Waals surface area contributed by atoms with E-state index >= 15 is 0 Å². The number of carbonyl (C=O) groups excluding carboxylic acids is 1. The number of aromatic nitrogens is 2. The predicted molar refractivity (Wildman–Crippen MR) is 71.4 cm³/mol. The van der Waals surface area contributed by atoms with Crippen LogP contribution in [-0.2, 0) is 7.05 Å². The van der Waals surface area contributed by atoms with Gasteiger partial charge < -0.3 is 11.1 Å². The number of nitrogens with zero attached hydrogens (tertiary/aromatic N) is 2. The molecule has 0 aliphatic heterocycles. The van der Waals surface area contributed by atoms with Crippen molar-refractivity contribution < 1.29 is 9.18 Å². The normalized spacial score (nSPS) is 10.5. The van der Waals surface area contributed by atoms with Crippen LogP contribution in [0, 0.1) is 19.7 Å². The molecule has 1 aromatic heterocycles. The number of rotatable bonds is 2. The lowest BCUT2D eigenvalue weighted by molar-refractivity contribution is 0.101. The number of halogens is 1. The summed E-state index contributed by atoms with van der Waals surface area (Å²) in [7, 11) is 1.65. The van der Waals surface area contributed by atoms with Gasteiger partial charge in [0.15, 0.2) is 0 Å². The van der Waals surface area contributed by atoms with Crippen LogP contribution in [0.15, 0.2) is 18.2 Å². The van der Waals surface area contributed by atoms with E-state index in [4.69, 9.17) is 5.73 Å². The van der Waals surface area contributed by atoms with Crippen molar-refractivity contribution in [2.75, 3.05) is 11.1 Å². The van der Waals surface area contributed by atoms with E-state index in [2.05, 4.69) is 10.4 Å². The fraction of sp³-hybridized carbons (Fsp3) is 0.231. The first kappa shape index (κ1) is 13.1. The highest BCUT2D eigenvalue weighted by Gasteiger charge is 2.18. The molecule has 6 heteroatoms. The Bertz CT molecular complexity index is 648. The van der Waals surface area contributed by atoms with E-state index in [9.17, 15) is 9.18 Å². The number of nitrogens with one attached hydrogen (secondary N) is 1. The number of hydrogen-bond acceptors (Lipinski definition) is 3. The number of benzene rings is 1. The summed E-state index contributed by atoms with van der Waals surface area (Å²) in [6.45, 7) is 3.45. The van der Waals surface area contributed by atoms with Gasteiger partial charge in [0.1, 0.15) is 11.5 Å². The van der Waals surface area contributed by atoms with Gasteiger partial charge in [0.25, 0.3) is 5.91 Å². The Hall–Kier alpha value is -2.37. The standard InChI is InChI=1S/C13H15FN4O/c1-7-6-9(14)4-5-10(7)16-13(19)12-11(15)8(2)17-18(12)3/h4-6H,15H2,1-3H3,(H,16,19). The van der Waals surface area contributed by atoms with Crippen LogP contribution in [0.4, 0.5) is 15.8 Å². The Morgan fingerprint density at radius 3 is 2.63 bits per heavy atom. The first-order chi connectivity index (χ1) is 8.90. The zero-order chi connectivity index (χ0) is 14.2. The van der Waals surface area contributed by atoms with Crippen molar-refractivity contribution in [2.24, 2.45) is 7.05 Å². The van der Waals surface area contributed by atoms with Gasteiger partial charge in [0.05, 0.1) is 11.4 Å². The molecule has 0 saturated heterocycles. The van der Waals surface area contributed by atoms with Crippen molar-refractivity contribution in [1.29, 1.82) is 0 Å². The summed E-state index contributed by atoms with van der Waals surface area (Å²) < 4.78 is 14.4. The number of aryl methyl sites for hydroxylation is 3. The molecular weight excluding hydrogens is 247 g/mol. The van der Waals surface area contributed by atoms with Crippen LogP contribution in [0.1, 0.15) is 21.7 Å². The monoisotopic (exact) mass is 262 g/mol. The van der Waals surface area contributed by atoms with E-state index in [1.165, 1.54) is 22.9 Å². The van der Waals surface area contributed by atoms with Gasteiger partial charge >= 0.3 is 0 Å². The van der Waals surface area contributed by atoms with Crippen LogP contribution >= 0.6 is 0 Å². The minimum atomic E-state index is -0.365. The fourth-order valence-corrected chi connectivity index (χ4v) is 1.89. The minimum absolute atomic E-state index is 0.293. The van der Waals surface area contributed by atoms with Gasteiger partial charge in [-0.1, -0.05) is 0 Å². The van der Waals surface area contributed by atoms with Crippen LogP contribution < -0.4 is 11.1 Å². The van der Waals surface area contributed by atoms with Crippen LogP contribution in [0.2, 0.25) is 0 Å². The average molecular weight is 262 g/mol. The summed E-state index contributed by atoms with van der Waals surface area (Å²) in [6, 6.07) is 4.16. The van der Waals surface area contributed by atoms with Gasteiger partial charge in [-0.15, -0.1) is 0 Å². The molecule has 0 aliphatic rings. The first-order valence-corrected chi connectivity index (χ1v) is 5.76. The minimum Gasteiger partial charge on any atom is -0.395 e. The van der Waals surface area contributed by atoms with Gasteiger partial charge in [-0.05, 0) is 37.6 Å². The summed E-state index contributed by atoms with van der Waals surface area (Å²) in [5.41, 5.74) is 8.25. The third-order valence-electron chi connectivity index (χ3n) is 2.92. The van der Waals surface area contributed by atoms with Crippen molar-refractivity contribution in [3.63, 3.8) is 0 Å². The van der Waals surface area contributed by atoms with E-state index in [1.54, 1.807) is 20.9 Å². The van der Waals surface area contributed by atoms with Gasteiger partial charge in [0.2, 0.25) is 0 Å². The van der Waals surface area contributed by atoms with E-state index in [1.807, 2.05) is 0 Å². The van der Waals surface area contributed by atoms with Crippen LogP contribution in [0.5, 0.6) is 0 Å². The average Bonchev–Trinajstić information content (AvgIpc) is 2.57. The Balaban J connectivity index is 2.31. The zero-order valence-electron chi connectivity index (χ0n) is 11.0. The Morgan fingerprint density at radius 1 is 1.42 bits per heavy atom. The van der Waals surface area contributed by atoms with Crippen molar-refractivity contribution in [1.82, 2.24) is 9.78 Å². The number of carbonyl (C=O) groups is 1. The molecule has 2 rings (SSSR count). The smallest absolute Gasteiger partial charge is 0.276 e. The topological polar surface area (TPSA) is 72.9 Å². The number of nitrogen functional groups attached to an aromatic ring is 1. The molecule has 0 unspecified atom stereocenters. The maximum Gasteiger partial charge on any atom is 0.276 e. The summed E-state index contributed by atoms with van der Waals surface area (Å²) >= 11 is 0. The molecule has 0 radical (unpaired) electrons.